The molecule has 0 bridgehead atoms. The number of nitrogens with zero attached hydrogens (tertiary/aromatic N) is 2. The second kappa shape index (κ2) is 9.63. The van der Waals surface area contributed by atoms with Crippen LogP contribution in [0.3, 0.4) is 0 Å². The predicted octanol–water partition coefficient (Wildman–Crippen LogP) is 3.58. The van der Waals surface area contributed by atoms with Crippen molar-refractivity contribution in [1.82, 2.24) is 9.97 Å². The van der Waals surface area contributed by atoms with E-state index in [1.54, 1.807) is 30.5 Å². The van der Waals surface area contributed by atoms with Crippen LogP contribution in [0.5, 0.6) is 5.75 Å². The lowest BCUT2D eigenvalue weighted by atomic mass is 10.1. The molecule has 1 fully saturated rings. The molecule has 0 amide bonds. The third-order valence-corrected chi connectivity index (χ3v) is 7.24. The SMILES string of the molecule is COc1ccc(-c2cc3cc[nH]c(=O)c3c(Nc3ccc(N4CCOCC4)cc3)n2)cc1S(C)(=O)=O. The quantitative estimate of drug-likeness (QED) is 0.408. The number of anilines is 3. The highest BCUT2D eigenvalue weighted by Crippen LogP contribution is 2.32. The summed E-state index contributed by atoms with van der Waals surface area (Å²) in [4.78, 5) is 22.5. The highest BCUT2D eigenvalue weighted by Gasteiger charge is 2.18. The number of aromatic nitrogens is 2. The Kier molecular flexibility index (Phi) is 6.38. The van der Waals surface area contributed by atoms with E-state index in [4.69, 9.17) is 14.5 Å². The fourth-order valence-electron chi connectivity index (χ4n) is 4.29. The van der Waals surface area contributed by atoms with E-state index in [1.807, 2.05) is 24.3 Å². The molecule has 9 nitrogen and oxygen atoms in total. The average molecular weight is 507 g/mol. The number of nitrogens with one attached hydrogen (secondary N) is 2. The van der Waals surface area contributed by atoms with Gasteiger partial charge >= 0.3 is 0 Å². The number of fused-ring (bicyclic) bond motifs is 1. The van der Waals surface area contributed by atoms with Crippen LogP contribution in [0, 0.1) is 0 Å². The Hall–Kier alpha value is -3.89. The molecule has 2 aromatic carbocycles. The molecular weight excluding hydrogens is 480 g/mol. The summed E-state index contributed by atoms with van der Waals surface area (Å²) in [5, 5.41) is 4.36. The number of ether oxygens (including phenoxy) is 2. The minimum absolute atomic E-state index is 0.0727. The first-order chi connectivity index (χ1) is 17.3. The van der Waals surface area contributed by atoms with Crippen LogP contribution in [0.25, 0.3) is 22.0 Å². The van der Waals surface area contributed by atoms with Crippen molar-refractivity contribution in [2.24, 2.45) is 0 Å². The molecule has 0 radical (unpaired) electrons. The van der Waals surface area contributed by atoms with E-state index in [2.05, 4.69) is 15.2 Å². The van der Waals surface area contributed by atoms with Crippen LogP contribution in [0.2, 0.25) is 0 Å². The number of pyridine rings is 2. The minimum atomic E-state index is -3.53. The first kappa shape index (κ1) is 23.8. The van der Waals surface area contributed by atoms with Crippen molar-refractivity contribution in [3.8, 4) is 17.0 Å². The molecule has 0 unspecified atom stereocenters. The van der Waals surface area contributed by atoms with E-state index < -0.39 is 9.84 Å². The molecule has 2 N–H and O–H groups in total. The number of H-pyrrole nitrogens is 1. The van der Waals surface area contributed by atoms with E-state index in [0.29, 0.717) is 41.1 Å². The Morgan fingerprint density at radius 2 is 1.81 bits per heavy atom. The van der Waals surface area contributed by atoms with E-state index >= 15 is 0 Å². The zero-order valence-corrected chi connectivity index (χ0v) is 20.8. The second-order valence-electron chi connectivity index (χ2n) is 8.54. The van der Waals surface area contributed by atoms with Crippen LogP contribution in [0.4, 0.5) is 17.2 Å². The molecule has 5 rings (SSSR count). The van der Waals surface area contributed by atoms with Crippen LogP contribution < -0.4 is 20.5 Å². The molecule has 3 heterocycles. The van der Waals surface area contributed by atoms with Gasteiger partial charge in [-0.1, -0.05) is 0 Å². The molecule has 0 spiro atoms. The number of methoxy groups -OCH3 is 1. The van der Waals surface area contributed by atoms with Gasteiger partial charge in [-0.3, -0.25) is 4.79 Å². The summed E-state index contributed by atoms with van der Waals surface area (Å²) in [6, 6.07) is 16.4. The van der Waals surface area contributed by atoms with Crippen molar-refractivity contribution in [3.63, 3.8) is 0 Å². The largest absolute Gasteiger partial charge is 0.495 e. The molecule has 2 aromatic heterocycles. The van der Waals surface area contributed by atoms with Gasteiger partial charge in [0.2, 0.25) is 0 Å². The summed E-state index contributed by atoms with van der Waals surface area (Å²) >= 11 is 0. The monoisotopic (exact) mass is 506 g/mol. The van der Waals surface area contributed by atoms with Gasteiger partial charge in [-0.15, -0.1) is 0 Å². The molecule has 0 saturated carbocycles. The summed E-state index contributed by atoms with van der Waals surface area (Å²) in [6.07, 6.45) is 2.71. The van der Waals surface area contributed by atoms with Crippen LogP contribution in [-0.2, 0) is 14.6 Å². The van der Waals surface area contributed by atoms with Gasteiger partial charge in [-0.25, -0.2) is 13.4 Å². The van der Waals surface area contributed by atoms with Crippen molar-refractivity contribution in [2.45, 2.75) is 4.90 Å². The van der Waals surface area contributed by atoms with Crippen LogP contribution in [0.15, 0.2) is 70.5 Å². The lowest BCUT2D eigenvalue weighted by molar-refractivity contribution is 0.122. The number of sulfone groups is 1. The minimum Gasteiger partial charge on any atom is -0.495 e. The Morgan fingerprint density at radius 1 is 1.06 bits per heavy atom. The van der Waals surface area contributed by atoms with Crippen molar-refractivity contribution in [3.05, 3.63) is 71.1 Å². The number of hydrogen-bond donors (Lipinski definition) is 2. The number of hydrogen-bond acceptors (Lipinski definition) is 8. The lowest BCUT2D eigenvalue weighted by Crippen LogP contribution is -2.36. The predicted molar refractivity (Wildman–Crippen MR) is 140 cm³/mol. The van der Waals surface area contributed by atoms with Gasteiger partial charge in [0.15, 0.2) is 9.84 Å². The molecular formula is C26H26N4O5S. The summed E-state index contributed by atoms with van der Waals surface area (Å²) in [5.41, 5.74) is 2.70. The Labute approximate surface area is 208 Å². The maximum Gasteiger partial charge on any atom is 0.259 e. The van der Waals surface area contributed by atoms with Gasteiger partial charge in [-0.2, -0.15) is 0 Å². The summed E-state index contributed by atoms with van der Waals surface area (Å²) in [7, 11) is -2.11. The maximum atomic E-state index is 12.7. The van der Waals surface area contributed by atoms with Crippen molar-refractivity contribution < 1.29 is 17.9 Å². The molecule has 0 atom stereocenters. The van der Waals surface area contributed by atoms with Gasteiger partial charge in [0.05, 0.1) is 31.4 Å². The Balaban J connectivity index is 1.56. The number of rotatable bonds is 6. The fourth-order valence-corrected chi connectivity index (χ4v) is 5.15. The van der Waals surface area contributed by atoms with Gasteiger partial charge in [-0.05, 0) is 60.0 Å². The van der Waals surface area contributed by atoms with Gasteiger partial charge < -0.3 is 24.7 Å². The average Bonchev–Trinajstić information content (AvgIpc) is 2.88. The second-order valence-corrected chi connectivity index (χ2v) is 10.5. The van der Waals surface area contributed by atoms with E-state index in [9.17, 15) is 13.2 Å². The molecule has 36 heavy (non-hydrogen) atoms. The fraction of sp³-hybridized carbons (Fsp3) is 0.231. The van der Waals surface area contributed by atoms with E-state index in [1.165, 1.54) is 13.2 Å². The van der Waals surface area contributed by atoms with Crippen molar-refractivity contribution >= 4 is 37.8 Å². The van der Waals surface area contributed by atoms with E-state index in [0.717, 1.165) is 30.7 Å². The molecule has 186 valence electrons. The van der Waals surface area contributed by atoms with E-state index in [-0.39, 0.29) is 16.2 Å². The molecule has 10 heteroatoms. The van der Waals surface area contributed by atoms with Crippen molar-refractivity contribution in [1.29, 1.82) is 0 Å². The van der Waals surface area contributed by atoms with Crippen LogP contribution >= 0.6 is 0 Å². The number of aromatic amines is 1. The highest BCUT2D eigenvalue weighted by molar-refractivity contribution is 7.90. The Bertz CT molecular complexity index is 1580. The first-order valence-electron chi connectivity index (χ1n) is 11.4. The zero-order chi connectivity index (χ0) is 25.3. The smallest absolute Gasteiger partial charge is 0.259 e. The molecule has 1 saturated heterocycles. The van der Waals surface area contributed by atoms with Crippen LogP contribution in [0.1, 0.15) is 0 Å². The normalized spacial score (nSPS) is 14.1. The van der Waals surface area contributed by atoms with Crippen molar-refractivity contribution in [2.75, 3.05) is 49.9 Å². The van der Waals surface area contributed by atoms with Crippen LogP contribution in [-0.4, -0.2) is 58.1 Å². The molecule has 1 aliphatic rings. The third-order valence-electron chi connectivity index (χ3n) is 6.12. The van der Waals surface area contributed by atoms with Gasteiger partial charge in [0.1, 0.15) is 16.5 Å². The Morgan fingerprint density at radius 3 is 2.50 bits per heavy atom. The molecule has 0 aliphatic carbocycles. The summed E-state index contributed by atoms with van der Waals surface area (Å²) in [6.45, 7) is 3.09. The maximum absolute atomic E-state index is 12.7. The summed E-state index contributed by atoms with van der Waals surface area (Å²) in [5.74, 6) is 0.636. The standard InChI is InChI=1S/C26H26N4O5S/c1-34-22-8-3-17(16-23(22)36(2,32)33)21-15-18-9-10-27-26(31)24(18)25(29-21)28-19-4-6-20(7-5-19)30-11-13-35-14-12-30/h3-10,15-16H,11-14H2,1-2H3,(H,27,31)(H,28,29). The number of benzene rings is 2. The molecule has 1 aliphatic heterocycles. The topological polar surface area (TPSA) is 114 Å². The zero-order valence-electron chi connectivity index (χ0n) is 19.9. The molecule has 4 aromatic rings. The van der Waals surface area contributed by atoms with Gasteiger partial charge in [0, 0.05) is 42.5 Å². The lowest BCUT2D eigenvalue weighted by Gasteiger charge is -2.28. The number of morpholine rings is 1. The highest BCUT2D eigenvalue weighted by atomic mass is 32.2. The first-order valence-corrected chi connectivity index (χ1v) is 13.3. The van der Waals surface area contributed by atoms with Gasteiger partial charge in [0.25, 0.3) is 5.56 Å². The summed E-state index contributed by atoms with van der Waals surface area (Å²) < 4.78 is 35.3. The third kappa shape index (κ3) is 4.77.